The summed E-state index contributed by atoms with van der Waals surface area (Å²) in [5.74, 6) is -0.226. The van der Waals surface area contributed by atoms with Crippen molar-refractivity contribution in [2.24, 2.45) is 0 Å². The predicted molar refractivity (Wildman–Crippen MR) is 87.6 cm³/mol. The van der Waals surface area contributed by atoms with E-state index in [1.807, 2.05) is 30.5 Å². The quantitative estimate of drug-likeness (QED) is 0.650. The van der Waals surface area contributed by atoms with Crippen LogP contribution in [0, 0.1) is 0 Å². The predicted octanol–water partition coefficient (Wildman–Crippen LogP) is 4.57. The standard InChI is InChI=1S/C16H15NO2S2/c1-2-19-16(18)12-7-9-8-17-15-13(14(9)20-12)10-5-3-4-6-11(10)21-15/h7-8H,2-6H2,1H3. The highest BCUT2D eigenvalue weighted by atomic mass is 32.1. The number of thiophene rings is 2. The molecule has 0 saturated carbocycles. The Labute approximate surface area is 130 Å². The highest BCUT2D eigenvalue weighted by Crippen LogP contribution is 2.41. The van der Waals surface area contributed by atoms with Crippen molar-refractivity contribution in [1.29, 1.82) is 0 Å². The van der Waals surface area contributed by atoms with Gasteiger partial charge in [0.25, 0.3) is 0 Å². The average molecular weight is 317 g/mol. The van der Waals surface area contributed by atoms with Gasteiger partial charge in [-0.2, -0.15) is 0 Å². The number of rotatable bonds is 2. The summed E-state index contributed by atoms with van der Waals surface area (Å²) in [4.78, 5) is 19.8. The molecular weight excluding hydrogens is 302 g/mol. The molecule has 0 unspecified atom stereocenters. The third-order valence-electron chi connectivity index (χ3n) is 3.94. The van der Waals surface area contributed by atoms with Gasteiger partial charge in [0.15, 0.2) is 0 Å². The molecule has 0 saturated heterocycles. The van der Waals surface area contributed by atoms with E-state index in [2.05, 4.69) is 4.98 Å². The van der Waals surface area contributed by atoms with Gasteiger partial charge in [0.2, 0.25) is 0 Å². The Bertz CT molecular complexity index is 847. The largest absolute Gasteiger partial charge is 0.462 e. The Morgan fingerprint density at radius 1 is 1.33 bits per heavy atom. The van der Waals surface area contributed by atoms with Crippen LogP contribution < -0.4 is 0 Å². The normalized spacial score (nSPS) is 14.5. The number of carbonyl (C=O) groups is 1. The van der Waals surface area contributed by atoms with Gasteiger partial charge in [-0.3, -0.25) is 0 Å². The van der Waals surface area contributed by atoms with Crippen molar-refractivity contribution < 1.29 is 9.53 Å². The topological polar surface area (TPSA) is 39.2 Å². The van der Waals surface area contributed by atoms with Crippen molar-refractivity contribution in [1.82, 2.24) is 4.98 Å². The molecule has 1 aliphatic rings. The number of pyridine rings is 1. The molecule has 3 aromatic heterocycles. The summed E-state index contributed by atoms with van der Waals surface area (Å²) in [6.45, 7) is 2.24. The molecule has 0 radical (unpaired) electrons. The molecule has 3 heterocycles. The van der Waals surface area contributed by atoms with Crippen LogP contribution >= 0.6 is 22.7 Å². The van der Waals surface area contributed by atoms with E-state index in [-0.39, 0.29) is 5.97 Å². The summed E-state index contributed by atoms with van der Waals surface area (Å²) < 4.78 is 6.31. The van der Waals surface area contributed by atoms with Gasteiger partial charge in [-0.1, -0.05) is 0 Å². The van der Waals surface area contributed by atoms with Crippen LogP contribution in [0.4, 0.5) is 0 Å². The number of aromatic nitrogens is 1. The number of hydrogen-bond acceptors (Lipinski definition) is 5. The second kappa shape index (κ2) is 5.07. The lowest BCUT2D eigenvalue weighted by Crippen LogP contribution is -2.01. The maximum absolute atomic E-state index is 11.9. The highest BCUT2D eigenvalue weighted by molar-refractivity contribution is 7.23. The van der Waals surface area contributed by atoms with Crippen LogP contribution in [-0.4, -0.2) is 17.6 Å². The molecule has 3 nitrogen and oxygen atoms in total. The SMILES string of the molecule is CCOC(=O)c1cc2cnc3sc4c(c3c2s1)CCCC4. The summed E-state index contributed by atoms with van der Waals surface area (Å²) in [5.41, 5.74) is 1.47. The average Bonchev–Trinajstić information content (AvgIpc) is 3.07. The van der Waals surface area contributed by atoms with Crippen molar-refractivity contribution in [2.75, 3.05) is 6.61 Å². The van der Waals surface area contributed by atoms with Crippen molar-refractivity contribution in [3.63, 3.8) is 0 Å². The van der Waals surface area contributed by atoms with E-state index in [0.717, 1.165) is 16.6 Å². The fourth-order valence-corrected chi connectivity index (χ4v) is 5.41. The number of hydrogen-bond donors (Lipinski definition) is 0. The van der Waals surface area contributed by atoms with Gasteiger partial charge in [-0.05, 0) is 44.2 Å². The number of nitrogens with zero attached hydrogens (tertiary/aromatic N) is 1. The Balaban J connectivity index is 1.95. The number of esters is 1. The van der Waals surface area contributed by atoms with Crippen molar-refractivity contribution in [2.45, 2.75) is 32.6 Å². The number of fused-ring (bicyclic) bond motifs is 5. The molecule has 0 fully saturated rings. The number of ether oxygens (including phenoxy) is 1. The van der Waals surface area contributed by atoms with Gasteiger partial charge in [0, 0.05) is 26.5 Å². The van der Waals surface area contributed by atoms with Gasteiger partial charge in [0.1, 0.15) is 9.71 Å². The smallest absolute Gasteiger partial charge is 0.348 e. The minimum atomic E-state index is -0.226. The summed E-state index contributed by atoms with van der Waals surface area (Å²) >= 11 is 3.37. The minimum Gasteiger partial charge on any atom is -0.462 e. The fourth-order valence-electron chi connectivity index (χ4n) is 3.00. The first-order valence-corrected chi connectivity index (χ1v) is 8.91. The lowest BCUT2D eigenvalue weighted by molar-refractivity contribution is 0.0532. The molecular formula is C16H15NO2S2. The zero-order valence-electron chi connectivity index (χ0n) is 11.8. The molecule has 0 bridgehead atoms. The van der Waals surface area contributed by atoms with E-state index >= 15 is 0 Å². The Morgan fingerprint density at radius 2 is 2.19 bits per heavy atom. The maximum Gasteiger partial charge on any atom is 0.348 e. The maximum atomic E-state index is 11.9. The van der Waals surface area contributed by atoms with Crippen LogP contribution in [0.25, 0.3) is 20.3 Å². The number of aryl methyl sites for hydroxylation is 2. The monoisotopic (exact) mass is 317 g/mol. The van der Waals surface area contributed by atoms with E-state index < -0.39 is 0 Å². The second-order valence-electron chi connectivity index (χ2n) is 5.26. The zero-order valence-corrected chi connectivity index (χ0v) is 13.4. The second-order valence-corrected chi connectivity index (χ2v) is 7.40. The summed E-state index contributed by atoms with van der Waals surface area (Å²) in [6.07, 6.45) is 6.74. The molecule has 0 atom stereocenters. The van der Waals surface area contributed by atoms with E-state index in [1.54, 1.807) is 11.3 Å². The molecule has 108 valence electrons. The van der Waals surface area contributed by atoms with Gasteiger partial charge in [0.05, 0.1) is 6.61 Å². The first-order valence-electron chi connectivity index (χ1n) is 7.28. The van der Waals surface area contributed by atoms with Crippen LogP contribution in [0.5, 0.6) is 0 Å². The van der Waals surface area contributed by atoms with E-state index in [4.69, 9.17) is 4.74 Å². The van der Waals surface area contributed by atoms with Crippen LogP contribution in [-0.2, 0) is 17.6 Å². The van der Waals surface area contributed by atoms with Gasteiger partial charge < -0.3 is 4.74 Å². The fraction of sp³-hybridized carbons (Fsp3) is 0.375. The number of carbonyl (C=O) groups excluding carboxylic acids is 1. The van der Waals surface area contributed by atoms with Crippen LogP contribution in [0.1, 0.15) is 39.9 Å². The van der Waals surface area contributed by atoms with Crippen molar-refractivity contribution >= 4 is 48.9 Å². The third-order valence-corrected chi connectivity index (χ3v) is 6.29. The zero-order chi connectivity index (χ0) is 14.4. The van der Waals surface area contributed by atoms with E-state index in [0.29, 0.717) is 11.5 Å². The van der Waals surface area contributed by atoms with Crippen LogP contribution in [0.3, 0.4) is 0 Å². The van der Waals surface area contributed by atoms with E-state index in [1.165, 1.54) is 39.8 Å². The van der Waals surface area contributed by atoms with Crippen LogP contribution in [0.2, 0.25) is 0 Å². The molecule has 21 heavy (non-hydrogen) atoms. The van der Waals surface area contributed by atoms with Gasteiger partial charge >= 0.3 is 5.97 Å². The Morgan fingerprint density at radius 3 is 3.05 bits per heavy atom. The van der Waals surface area contributed by atoms with Crippen LogP contribution in [0.15, 0.2) is 12.3 Å². The highest BCUT2D eigenvalue weighted by Gasteiger charge is 2.21. The molecule has 0 aromatic carbocycles. The van der Waals surface area contributed by atoms with Crippen molar-refractivity contribution in [3.8, 4) is 0 Å². The lowest BCUT2D eigenvalue weighted by Gasteiger charge is -2.10. The summed E-state index contributed by atoms with van der Waals surface area (Å²) in [7, 11) is 0. The molecule has 1 aliphatic carbocycles. The first kappa shape index (κ1) is 13.2. The Kier molecular flexibility index (Phi) is 3.19. The molecule has 0 amide bonds. The molecule has 0 aliphatic heterocycles. The van der Waals surface area contributed by atoms with E-state index in [9.17, 15) is 4.79 Å². The van der Waals surface area contributed by atoms with Gasteiger partial charge in [-0.15, -0.1) is 22.7 Å². The molecule has 5 heteroatoms. The lowest BCUT2D eigenvalue weighted by atomic mass is 9.97. The summed E-state index contributed by atoms with van der Waals surface area (Å²) in [6, 6.07) is 1.91. The summed E-state index contributed by atoms with van der Waals surface area (Å²) in [5, 5.41) is 2.34. The molecule has 4 rings (SSSR count). The molecule has 0 N–H and O–H groups in total. The van der Waals surface area contributed by atoms with Gasteiger partial charge in [-0.25, -0.2) is 9.78 Å². The minimum absolute atomic E-state index is 0.226. The third kappa shape index (κ3) is 2.07. The molecule has 3 aromatic rings. The molecule has 0 spiro atoms. The first-order chi connectivity index (χ1) is 10.3. The van der Waals surface area contributed by atoms with Crippen molar-refractivity contribution in [3.05, 3.63) is 27.6 Å². The Hall–Kier alpha value is -1.46.